The Morgan fingerprint density at radius 1 is 0.917 bits per heavy atom. The molecule has 0 saturated heterocycles. The van der Waals surface area contributed by atoms with Crippen molar-refractivity contribution in [1.82, 2.24) is 9.97 Å². The Balaban J connectivity index is 1.49. The Labute approximate surface area is 212 Å². The fourth-order valence-corrected chi connectivity index (χ4v) is 4.65. The van der Waals surface area contributed by atoms with Crippen molar-refractivity contribution in [2.75, 3.05) is 4.72 Å². The summed E-state index contributed by atoms with van der Waals surface area (Å²) >= 11 is 4.91. The van der Waals surface area contributed by atoms with Gasteiger partial charge in [-0.1, -0.05) is 12.1 Å². The molecule has 1 unspecified atom stereocenters. The number of aromatic nitrogens is 2. The summed E-state index contributed by atoms with van der Waals surface area (Å²) in [6.45, 7) is 0. The number of aliphatic hydroxyl groups excluding tert-OH is 1. The van der Waals surface area contributed by atoms with Crippen LogP contribution in [0.1, 0.15) is 17.2 Å². The molecule has 182 valence electrons. The van der Waals surface area contributed by atoms with Crippen LogP contribution in [-0.4, -0.2) is 15.1 Å². The minimum Gasteiger partial charge on any atom is -0.383 e. The molecule has 0 saturated carbocycles. The summed E-state index contributed by atoms with van der Waals surface area (Å²) in [4.78, 5) is 7.96. The molecule has 1 atom stereocenters. The minimum absolute atomic E-state index is 0.109. The van der Waals surface area contributed by atoms with Crippen LogP contribution in [0, 0.1) is 23.3 Å². The number of fused-ring (bicyclic) bond motifs is 1. The lowest BCUT2D eigenvalue weighted by Gasteiger charge is -2.16. The average molecular weight is 528 g/mol. The second-order valence-electron chi connectivity index (χ2n) is 7.92. The van der Waals surface area contributed by atoms with E-state index >= 15 is 4.39 Å². The summed E-state index contributed by atoms with van der Waals surface area (Å²) in [6.07, 6.45) is 1.42. The van der Waals surface area contributed by atoms with Gasteiger partial charge in [-0.2, -0.15) is 0 Å². The molecule has 2 heterocycles. The van der Waals surface area contributed by atoms with Gasteiger partial charge >= 0.3 is 0 Å². The predicted molar refractivity (Wildman–Crippen MR) is 135 cm³/mol. The highest BCUT2D eigenvalue weighted by atomic mass is 32.2. The number of aliphatic hydroxyl groups is 1. The molecule has 0 aliphatic heterocycles. The summed E-state index contributed by atoms with van der Waals surface area (Å²) in [5.41, 5.74) is 1.47. The first kappa shape index (κ1) is 24.2. The van der Waals surface area contributed by atoms with Crippen LogP contribution in [-0.2, 0) is 0 Å². The van der Waals surface area contributed by atoms with Gasteiger partial charge in [0, 0.05) is 33.8 Å². The number of pyridine rings is 1. The predicted octanol–water partition coefficient (Wildman–Crippen LogP) is 7.28. The van der Waals surface area contributed by atoms with Gasteiger partial charge < -0.3 is 14.8 Å². The number of benzene rings is 3. The van der Waals surface area contributed by atoms with Crippen molar-refractivity contribution >= 4 is 41.3 Å². The molecule has 0 aliphatic carbocycles. The Kier molecular flexibility index (Phi) is 6.65. The summed E-state index contributed by atoms with van der Waals surface area (Å²) in [7, 11) is 0. The van der Waals surface area contributed by atoms with E-state index in [2.05, 4.69) is 27.3 Å². The van der Waals surface area contributed by atoms with Gasteiger partial charge in [0.15, 0.2) is 5.82 Å². The van der Waals surface area contributed by atoms with E-state index in [4.69, 9.17) is 0 Å². The zero-order chi connectivity index (χ0) is 25.4. The normalized spacial score (nSPS) is 12.2. The molecule has 0 bridgehead atoms. The smallest absolute Gasteiger partial charge is 0.156 e. The second-order valence-corrected chi connectivity index (χ2v) is 9.28. The molecule has 5 aromatic rings. The van der Waals surface area contributed by atoms with Gasteiger partial charge in [-0.25, -0.2) is 22.5 Å². The summed E-state index contributed by atoms with van der Waals surface area (Å²) in [5, 5.41) is 11.5. The lowest BCUT2D eigenvalue weighted by atomic mass is 9.98. The van der Waals surface area contributed by atoms with Crippen molar-refractivity contribution in [3.63, 3.8) is 0 Å². The van der Waals surface area contributed by atoms with Crippen LogP contribution >= 0.6 is 24.6 Å². The third-order valence-corrected chi connectivity index (χ3v) is 6.78. The highest BCUT2D eigenvalue weighted by Gasteiger charge is 2.25. The number of aromatic amines is 1. The van der Waals surface area contributed by atoms with Crippen molar-refractivity contribution in [3.05, 3.63) is 107 Å². The van der Waals surface area contributed by atoms with E-state index in [1.807, 2.05) is 24.3 Å². The fraction of sp³-hybridized carbons (Fsp3) is 0.0385. The first-order chi connectivity index (χ1) is 17.3. The van der Waals surface area contributed by atoms with E-state index in [1.165, 1.54) is 6.20 Å². The molecule has 0 radical (unpaired) electrons. The molecule has 0 fully saturated rings. The van der Waals surface area contributed by atoms with Crippen LogP contribution in [0.15, 0.2) is 82.8 Å². The standard InChI is InChI=1S/C26H17F4N3OS2/c27-15-3-6-19(28)22(10-15)36-33-21-8-7-20(29)23(24(21)30)25(34)18-12-32-26-17(18)9-14(11-31-26)13-1-4-16(35)5-2-13/h1-12,25,33-35H,(H,31,32). The van der Waals surface area contributed by atoms with E-state index in [1.54, 1.807) is 12.3 Å². The second kappa shape index (κ2) is 9.88. The van der Waals surface area contributed by atoms with Gasteiger partial charge in [-0.05, 0) is 66.0 Å². The molecule has 2 aromatic heterocycles. The number of hydrogen-bond acceptors (Lipinski definition) is 5. The molecule has 3 N–H and O–H groups in total. The molecule has 0 amide bonds. The summed E-state index contributed by atoms with van der Waals surface area (Å²) < 4.78 is 60.0. The van der Waals surface area contributed by atoms with Gasteiger partial charge in [0.25, 0.3) is 0 Å². The van der Waals surface area contributed by atoms with Gasteiger partial charge in [-0.15, -0.1) is 12.6 Å². The third kappa shape index (κ3) is 4.67. The molecule has 10 heteroatoms. The molecule has 0 aliphatic rings. The maximum Gasteiger partial charge on any atom is 0.156 e. The number of thiol groups is 1. The number of anilines is 1. The maximum absolute atomic E-state index is 15.4. The van der Waals surface area contributed by atoms with Crippen molar-refractivity contribution < 1.29 is 22.7 Å². The van der Waals surface area contributed by atoms with E-state index in [-0.39, 0.29) is 16.1 Å². The van der Waals surface area contributed by atoms with Gasteiger partial charge in [0.1, 0.15) is 29.2 Å². The highest BCUT2D eigenvalue weighted by Crippen LogP contribution is 2.36. The Bertz CT molecular complexity index is 1570. The molecule has 4 nitrogen and oxygen atoms in total. The van der Waals surface area contributed by atoms with Gasteiger partial charge in [0.2, 0.25) is 0 Å². The largest absolute Gasteiger partial charge is 0.383 e. The molecule has 3 aromatic carbocycles. The van der Waals surface area contributed by atoms with Crippen LogP contribution in [0.3, 0.4) is 0 Å². The average Bonchev–Trinajstić information content (AvgIpc) is 3.29. The molecular formula is C26H17F4N3OS2. The van der Waals surface area contributed by atoms with Crippen LogP contribution < -0.4 is 4.72 Å². The van der Waals surface area contributed by atoms with Crippen LogP contribution in [0.2, 0.25) is 0 Å². The van der Waals surface area contributed by atoms with Crippen molar-refractivity contribution in [2.24, 2.45) is 0 Å². The number of H-pyrrole nitrogens is 1. The molecule has 36 heavy (non-hydrogen) atoms. The van der Waals surface area contributed by atoms with Gasteiger partial charge in [-0.3, -0.25) is 0 Å². The topological polar surface area (TPSA) is 60.9 Å². The van der Waals surface area contributed by atoms with Crippen molar-refractivity contribution in [2.45, 2.75) is 15.9 Å². The third-order valence-electron chi connectivity index (χ3n) is 5.62. The van der Waals surface area contributed by atoms with Crippen LogP contribution in [0.4, 0.5) is 23.2 Å². The quantitative estimate of drug-likeness (QED) is 0.107. The summed E-state index contributed by atoms with van der Waals surface area (Å²) in [6, 6.07) is 14.1. The number of rotatable bonds is 6. The van der Waals surface area contributed by atoms with E-state index in [0.29, 0.717) is 23.0 Å². The van der Waals surface area contributed by atoms with E-state index in [0.717, 1.165) is 46.4 Å². The summed E-state index contributed by atoms with van der Waals surface area (Å²) in [5.74, 6) is -3.39. The van der Waals surface area contributed by atoms with E-state index < -0.39 is 34.9 Å². The van der Waals surface area contributed by atoms with Crippen molar-refractivity contribution in [3.8, 4) is 11.1 Å². The highest BCUT2D eigenvalue weighted by molar-refractivity contribution is 8.00. The molecular weight excluding hydrogens is 510 g/mol. The lowest BCUT2D eigenvalue weighted by Crippen LogP contribution is -2.07. The molecule has 0 spiro atoms. The van der Waals surface area contributed by atoms with Gasteiger partial charge in [0.05, 0.1) is 16.1 Å². The SMILES string of the molecule is OC(c1c(F)ccc(NSc2cc(F)ccc2F)c1F)c1c[nH]c2ncc(-c3ccc(S)cc3)cc12. The number of nitrogens with one attached hydrogen (secondary N) is 2. The first-order valence-corrected chi connectivity index (χ1v) is 11.9. The minimum atomic E-state index is -1.67. The zero-order valence-corrected chi connectivity index (χ0v) is 20.0. The Hall–Kier alpha value is -3.47. The van der Waals surface area contributed by atoms with Crippen molar-refractivity contribution in [1.29, 1.82) is 0 Å². The van der Waals surface area contributed by atoms with E-state index in [9.17, 15) is 18.3 Å². The number of nitrogens with zero attached hydrogens (tertiary/aromatic N) is 1. The molecule has 5 rings (SSSR count). The van der Waals surface area contributed by atoms with Crippen LogP contribution in [0.5, 0.6) is 0 Å². The first-order valence-electron chi connectivity index (χ1n) is 10.6. The monoisotopic (exact) mass is 527 g/mol. The number of halogens is 4. The maximum atomic E-state index is 15.4. The number of hydrogen-bond donors (Lipinski definition) is 4. The Morgan fingerprint density at radius 2 is 1.67 bits per heavy atom. The Morgan fingerprint density at radius 3 is 2.44 bits per heavy atom. The van der Waals surface area contributed by atoms with Crippen LogP contribution in [0.25, 0.3) is 22.2 Å². The lowest BCUT2D eigenvalue weighted by molar-refractivity contribution is 0.211. The zero-order valence-electron chi connectivity index (χ0n) is 18.3. The fourth-order valence-electron chi connectivity index (χ4n) is 3.78.